The molecule has 1 atom stereocenters. The lowest BCUT2D eigenvalue weighted by molar-refractivity contribution is 0.0689. The van der Waals surface area contributed by atoms with Crippen LogP contribution in [0.1, 0.15) is 23.0 Å². The zero-order valence-electron chi connectivity index (χ0n) is 11.4. The predicted molar refractivity (Wildman–Crippen MR) is 81.9 cm³/mol. The molecule has 3 rings (SSSR count). The fraction of sp³-hybridized carbons (Fsp3) is 0.286. The first kappa shape index (κ1) is 15.1. The minimum Gasteiger partial charge on any atom is -0.476 e. The van der Waals surface area contributed by atoms with E-state index in [1.807, 2.05) is 0 Å². The van der Waals surface area contributed by atoms with Gasteiger partial charge in [-0.05, 0) is 30.2 Å². The maximum Gasteiger partial charge on any atom is 0.356 e. The molecular formula is C14H13ClN2O4S. The third-order valence-corrected chi connectivity index (χ3v) is 5.65. The van der Waals surface area contributed by atoms with Crippen molar-refractivity contribution in [1.29, 1.82) is 0 Å². The summed E-state index contributed by atoms with van der Waals surface area (Å²) in [5.74, 6) is -1.07. The number of benzene rings is 1. The van der Waals surface area contributed by atoms with E-state index in [9.17, 15) is 13.2 Å². The number of sulfone groups is 1. The van der Waals surface area contributed by atoms with E-state index in [0.717, 1.165) is 5.56 Å². The van der Waals surface area contributed by atoms with Gasteiger partial charge >= 0.3 is 5.97 Å². The van der Waals surface area contributed by atoms with E-state index in [1.165, 1.54) is 10.7 Å². The Bertz CT molecular complexity index is 827. The standard InChI is InChI=1S/C14H13ClN2O4S/c15-10-3-1-9(2-4-10)13-7-12(14(18)19)16-17(13)11-5-6-22(20,21)8-11/h1-4,7,11H,5-6,8H2,(H,18,19)/t11-/m0/s1. The maximum atomic E-state index is 11.7. The average Bonchev–Trinajstić information content (AvgIpc) is 3.03. The lowest BCUT2D eigenvalue weighted by atomic mass is 10.1. The summed E-state index contributed by atoms with van der Waals surface area (Å²) in [6.45, 7) is 0. The van der Waals surface area contributed by atoms with E-state index in [4.69, 9.17) is 16.7 Å². The fourth-order valence-corrected chi connectivity index (χ4v) is 4.40. The van der Waals surface area contributed by atoms with E-state index in [-0.39, 0.29) is 23.2 Å². The largest absolute Gasteiger partial charge is 0.476 e. The second-order valence-electron chi connectivity index (χ2n) is 5.23. The Balaban J connectivity index is 2.08. The van der Waals surface area contributed by atoms with Crippen LogP contribution in [0.2, 0.25) is 5.02 Å². The average molecular weight is 341 g/mol. The first-order valence-corrected chi connectivity index (χ1v) is 8.85. The number of halogens is 1. The molecule has 1 N–H and O–H groups in total. The third-order valence-electron chi connectivity index (χ3n) is 3.65. The molecule has 1 aliphatic rings. The number of hydrogen-bond donors (Lipinski definition) is 1. The summed E-state index contributed by atoms with van der Waals surface area (Å²) in [5.41, 5.74) is 1.22. The molecule has 0 bridgehead atoms. The highest BCUT2D eigenvalue weighted by Crippen LogP contribution is 2.30. The Labute approximate surface area is 132 Å². The third kappa shape index (κ3) is 2.86. The molecule has 2 heterocycles. The fourth-order valence-electron chi connectivity index (χ4n) is 2.58. The quantitative estimate of drug-likeness (QED) is 0.925. The first-order valence-electron chi connectivity index (χ1n) is 6.65. The lowest BCUT2D eigenvalue weighted by Crippen LogP contribution is -2.14. The summed E-state index contributed by atoms with van der Waals surface area (Å²) in [7, 11) is -3.09. The van der Waals surface area contributed by atoms with Crippen molar-refractivity contribution in [2.24, 2.45) is 0 Å². The molecule has 1 saturated heterocycles. The van der Waals surface area contributed by atoms with E-state index in [1.54, 1.807) is 24.3 Å². The molecule has 1 aromatic heterocycles. The van der Waals surface area contributed by atoms with Crippen LogP contribution < -0.4 is 0 Å². The molecule has 0 spiro atoms. The molecule has 0 aliphatic carbocycles. The molecule has 0 amide bonds. The number of carboxylic acid groups (broad SMARTS) is 1. The maximum absolute atomic E-state index is 11.7. The van der Waals surface area contributed by atoms with Gasteiger partial charge in [0, 0.05) is 5.02 Å². The van der Waals surface area contributed by atoms with Crippen molar-refractivity contribution in [2.45, 2.75) is 12.5 Å². The van der Waals surface area contributed by atoms with Crippen molar-refractivity contribution in [3.05, 3.63) is 41.0 Å². The van der Waals surface area contributed by atoms with Crippen LogP contribution in [0, 0.1) is 0 Å². The number of rotatable bonds is 3. The van der Waals surface area contributed by atoms with Crippen LogP contribution >= 0.6 is 11.6 Å². The van der Waals surface area contributed by atoms with Gasteiger partial charge in [-0.25, -0.2) is 13.2 Å². The summed E-state index contributed by atoms with van der Waals surface area (Å²) >= 11 is 5.86. The van der Waals surface area contributed by atoms with Gasteiger partial charge in [0.25, 0.3) is 0 Å². The molecule has 1 aliphatic heterocycles. The second kappa shape index (κ2) is 5.40. The van der Waals surface area contributed by atoms with E-state index in [2.05, 4.69) is 5.10 Å². The number of nitrogens with zero attached hydrogens (tertiary/aromatic N) is 2. The number of hydrogen-bond acceptors (Lipinski definition) is 4. The molecule has 1 aromatic carbocycles. The van der Waals surface area contributed by atoms with Crippen molar-refractivity contribution in [3.63, 3.8) is 0 Å². The first-order chi connectivity index (χ1) is 10.4. The van der Waals surface area contributed by atoms with Crippen LogP contribution in [0.4, 0.5) is 0 Å². The SMILES string of the molecule is O=C(O)c1cc(-c2ccc(Cl)cc2)n([C@H]2CCS(=O)(=O)C2)n1. The molecule has 0 unspecified atom stereocenters. The number of carbonyl (C=O) groups is 1. The topological polar surface area (TPSA) is 89.3 Å². The molecule has 22 heavy (non-hydrogen) atoms. The molecule has 6 nitrogen and oxygen atoms in total. The number of aromatic carboxylic acids is 1. The zero-order valence-corrected chi connectivity index (χ0v) is 13.0. The summed E-state index contributed by atoms with van der Waals surface area (Å²) in [4.78, 5) is 11.2. The van der Waals surface area contributed by atoms with Gasteiger partial charge < -0.3 is 5.11 Å². The number of carboxylic acids is 1. The Kier molecular flexibility index (Phi) is 3.70. The Morgan fingerprint density at radius 3 is 2.55 bits per heavy atom. The minimum absolute atomic E-state index is 0.0195. The van der Waals surface area contributed by atoms with Gasteiger partial charge in [0.05, 0.1) is 23.2 Å². The molecular weight excluding hydrogens is 328 g/mol. The molecule has 116 valence electrons. The van der Waals surface area contributed by atoms with Crippen LogP contribution in [0.15, 0.2) is 30.3 Å². The van der Waals surface area contributed by atoms with Crippen LogP contribution in [-0.2, 0) is 9.84 Å². The van der Waals surface area contributed by atoms with E-state index >= 15 is 0 Å². The Morgan fingerprint density at radius 2 is 2.00 bits per heavy atom. The summed E-state index contributed by atoms with van der Waals surface area (Å²) in [6, 6.07) is 8.01. The second-order valence-corrected chi connectivity index (χ2v) is 7.89. The van der Waals surface area contributed by atoms with Crippen molar-refractivity contribution in [1.82, 2.24) is 9.78 Å². The highest BCUT2D eigenvalue weighted by Gasteiger charge is 2.32. The van der Waals surface area contributed by atoms with Crippen LogP contribution in [0.3, 0.4) is 0 Å². The highest BCUT2D eigenvalue weighted by molar-refractivity contribution is 7.91. The van der Waals surface area contributed by atoms with Gasteiger partial charge in [-0.15, -0.1) is 0 Å². The molecule has 1 fully saturated rings. The van der Waals surface area contributed by atoms with Crippen LogP contribution in [0.5, 0.6) is 0 Å². The van der Waals surface area contributed by atoms with Crippen molar-refractivity contribution >= 4 is 27.4 Å². The predicted octanol–water partition coefficient (Wildman–Crippen LogP) is 2.26. The normalized spacial score (nSPS) is 20.1. The Hall–Kier alpha value is -1.86. The molecule has 0 radical (unpaired) electrons. The molecule has 8 heteroatoms. The minimum atomic E-state index is -3.09. The van der Waals surface area contributed by atoms with Crippen molar-refractivity contribution < 1.29 is 18.3 Å². The monoisotopic (exact) mass is 340 g/mol. The van der Waals surface area contributed by atoms with Gasteiger partial charge in [0.1, 0.15) is 0 Å². The smallest absolute Gasteiger partial charge is 0.356 e. The van der Waals surface area contributed by atoms with E-state index in [0.29, 0.717) is 17.1 Å². The van der Waals surface area contributed by atoms with Gasteiger partial charge in [-0.2, -0.15) is 5.10 Å². The van der Waals surface area contributed by atoms with Crippen LogP contribution in [-0.4, -0.2) is 40.8 Å². The highest BCUT2D eigenvalue weighted by atomic mass is 35.5. The summed E-state index contributed by atoms with van der Waals surface area (Å²) < 4.78 is 24.9. The van der Waals surface area contributed by atoms with Gasteiger partial charge in [-0.3, -0.25) is 4.68 Å². The van der Waals surface area contributed by atoms with Crippen LogP contribution in [0.25, 0.3) is 11.3 Å². The zero-order chi connectivity index (χ0) is 15.9. The Morgan fingerprint density at radius 1 is 1.32 bits per heavy atom. The van der Waals surface area contributed by atoms with Crippen molar-refractivity contribution in [3.8, 4) is 11.3 Å². The summed E-state index contributed by atoms with van der Waals surface area (Å²) in [5, 5.41) is 13.8. The lowest BCUT2D eigenvalue weighted by Gasteiger charge is -2.13. The van der Waals surface area contributed by atoms with Gasteiger partial charge in [0.15, 0.2) is 15.5 Å². The van der Waals surface area contributed by atoms with Crippen molar-refractivity contribution in [2.75, 3.05) is 11.5 Å². The van der Waals surface area contributed by atoms with Gasteiger partial charge in [0.2, 0.25) is 0 Å². The van der Waals surface area contributed by atoms with E-state index < -0.39 is 15.8 Å². The molecule has 0 saturated carbocycles. The van der Waals surface area contributed by atoms with Gasteiger partial charge in [-0.1, -0.05) is 23.7 Å². The number of aromatic nitrogens is 2. The molecule has 2 aromatic rings. The summed E-state index contributed by atoms with van der Waals surface area (Å²) in [6.07, 6.45) is 0.434.